The molecule has 0 aliphatic heterocycles. The van der Waals surface area contributed by atoms with E-state index in [0.29, 0.717) is 18.4 Å². The highest BCUT2D eigenvalue weighted by molar-refractivity contribution is 5.69. The van der Waals surface area contributed by atoms with Crippen molar-refractivity contribution in [3.8, 4) is 0 Å². The molecule has 3 saturated carbocycles. The number of nitrogens with zero attached hydrogens (tertiary/aromatic N) is 1. The molecule has 3 N–H and O–H groups in total. The zero-order chi connectivity index (χ0) is 45.3. The average Bonchev–Trinajstić information content (AvgIpc) is 3.62. The lowest BCUT2D eigenvalue weighted by molar-refractivity contribution is -0.151. The summed E-state index contributed by atoms with van der Waals surface area (Å²) in [5, 5.41) is 23.4. The van der Waals surface area contributed by atoms with Crippen LogP contribution in [-0.4, -0.2) is 66.2 Å². The first-order valence-corrected chi connectivity index (χ1v) is 27.4. The fourth-order valence-corrected chi connectivity index (χ4v) is 13.2. The maximum absolute atomic E-state index is 13.0. The number of rotatable bonds is 34. The molecule has 6 nitrogen and oxygen atoms in total. The monoisotopic (exact) mass is 879 g/mol. The molecule has 364 valence electrons. The summed E-state index contributed by atoms with van der Waals surface area (Å²) in [6.45, 7) is 18.5. The maximum Gasteiger partial charge on any atom is 0.306 e. The molecule has 63 heavy (non-hydrogen) atoms. The average molecular weight is 879 g/mol. The van der Waals surface area contributed by atoms with Crippen molar-refractivity contribution in [1.29, 1.82) is 0 Å². The highest BCUT2D eigenvalue weighted by Crippen LogP contribution is 2.67. The number of aliphatic hydroxyl groups excluding tert-OH is 2. The first-order valence-electron chi connectivity index (χ1n) is 27.4. The summed E-state index contributed by atoms with van der Waals surface area (Å²) in [6.07, 6.45) is 45.6. The molecule has 0 aromatic heterocycles. The van der Waals surface area contributed by atoms with E-state index < -0.39 is 6.23 Å². The van der Waals surface area contributed by atoms with Crippen molar-refractivity contribution < 1.29 is 19.7 Å². The topological polar surface area (TPSA) is 82.0 Å². The first-order chi connectivity index (χ1) is 30.5. The smallest absolute Gasteiger partial charge is 0.306 e. The van der Waals surface area contributed by atoms with E-state index >= 15 is 0 Å². The first kappa shape index (κ1) is 54.1. The van der Waals surface area contributed by atoms with Crippen LogP contribution in [0.2, 0.25) is 0 Å². The van der Waals surface area contributed by atoms with Crippen molar-refractivity contribution in [2.75, 3.05) is 32.8 Å². The van der Waals surface area contributed by atoms with Gasteiger partial charge in [0, 0.05) is 19.4 Å². The van der Waals surface area contributed by atoms with Gasteiger partial charge in [0.1, 0.15) is 12.3 Å². The lowest BCUT2D eigenvalue weighted by Crippen LogP contribution is -2.51. The molecule has 0 aromatic rings. The fraction of sp³-hybridized carbons (Fsp3) is 0.877. The number of aliphatic hydroxyl groups is 2. The van der Waals surface area contributed by atoms with Crippen LogP contribution in [0.4, 0.5) is 0 Å². The second-order valence-corrected chi connectivity index (χ2v) is 22.2. The Hall–Kier alpha value is -1.47. The van der Waals surface area contributed by atoms with Crippen LogP contribution in [0.1, 0.15) is 228 Å². The maximum atomic E-state index is 13.0. The van der Waals surface area contributed by atoms with Crippen molar-refractivity contribution in [2.24, 2.45) is 46.3 Å². The van der Waals surface area contributed by atoms with Crippen LogP contribution in [0.25, 0.3) is 0 Å². The van der Waals surface area contributed by atoms with Gasteiger partial charge in [0.05, 0.1) is 6.61 Å². The molecule has 0 spiro atoms. The molecule has 4 aliphatic carbocycles. The van der Waals surface area contributed by atoms with Crippen molar-refractivity contribution in [2.45, 2.75) is 240 Å². The number of carbonyl (C=O) groups excluding carboxylic acids is 1. The second kappa shape index (κ2) is 30.0. The number of carbonyl (C=O) groups is 1. The Kier molecular flexibility index (Phi) is 25.8. The van der Waals surface area contributed by atoms with Crippen LogP contribution in [-0.2, 0) is 9.53 Å². The van der Waals surface area contributed by atoms with E-state index in [1.165, 1.54) is 103 Å². The van der Waals surface area contributed by atoms with Gasteiger partial charge in [-0.3, -0.25) is 10.1 Å². The third kappa shape index (κ3) is 18.3. The van der Waals surface area contributed by atoms with Crippen molar-refractivity contribution in [1.82, 2.24) is 10.2 Å². The van der Waals surface area contributed by atoms with Gasteiger partial charge in [0.2, 0.25) is 0 Å². The Morgan fingerprint density at radius 3 is 2.25 bits per heavy atom. The van der Waals surface area contributed by atoms with Crippen LogP contribution in [0.3, 0.4) is 0 Å². The summed E-state index contributed by atoms with van der Waals surface area (Å²) in [7, 11) is 0. The molecule has 9 atom stereocenters. The molecule has 4 aliphatic rings. The van der Waals surface area contributed by atoms with Gasteiger partial charge in [-0.05, 0) is 182 Å². The normalized spacial score (nSPS) is 28.1. The van der Waals surface area contributed by atoms with Crippen LogP contribution in [0, 0.1) is 46.3 Å². The van der Waals surface area contributed by atoms with Crippen LogP contribution < -0.4 is 5.32 Å². The van der Waals surface area contributed by atoms with Gasteiger partial charge in [-0.15, -0.1) is 0 Å². The van der Waals surface area contributed by atoms with Gasteiger partial charge >= 0.3 is 5.97 Å². The van der Waals surface area contributed by atoms with E-state index in [9.17, 15) is 15.0 Å². The molecule has 0 radical (unpaired) electrons. The van der Waals surface area contributed by atoms with Gasteiger partial charge in [-0.2, -0.15) is 0 Å². The molecule has 0 saturated heterocycles. The Balaban J connectivity index is 1.02. The Morgan fingerprint density at radius 2 is 1.51 bits per heavy atom. The zero-order valence-corrected chi connectivity index (χ0v) is 42.2. The molecule has 4 rings (SSSR count). The second-order valence-electron chi connectivity index (χ2n) is 22.2. The molecule has 0 amide bonds. The van der Waals surface area contributed by atoms with Gasteiger partial charge in [0.25, 0.3) is 0 Å². The van der Waals surface area contributed by atoms with E-state index in [2.05, 4.69) is 82.1 Å². The number of ether oxygens (including phenoxy) is 1. The van der Waals surface area contributed by atoms with E-state index in [-0.39, 0.29) is 24.1 Å². The number of hydrogen-bond donors (Lipinski definition) is 3. The molecular weight excluding hydrogens is 777 g/mol. The van der Waals surface area contributed by atoms with E-state index in [0.717, 1.165) is 132 Å². The summed E-state index contributed by atoms with van der Waals surface area (Å²) < 4.78 is 6.17. The summed E-state index contributed by atoms with van der Waals surface area (Å²) in [6, 6.07) is 0. The van der Waals surface area contributed by atoms with E-state index in [1.807, 2.05) is 0 Å². The number of esters is 1. The number of nitrogens with one attached hydrogen (secondary N) is 1. The predicted octanol–water partition coefficient (Wildman–Crippen LogP) is 14.3. The van der Waals surface area contributed by atoms with E-state index in [1.54, 1.807) is 5.57 Å². The third-order valence-electron chi connectivity index (χ3n) is 17.0. The predicted molar refractivity (Wildman–Crippen MR) is 268 cm³/mol. The number of fused-ring (bicyclic) bond motifs is 5. The lowest BCUT2D eigenvalue weighted by Gasteiger charge is -2.58. The standard InChI is InChI=1S/C57H102N2O4/c1-7-8-9-10-11-12-13-14-15-16-17-18-19-20-22-30-54(61)58-40-24-26-42-59(43-44-60)41-25-21-23-31-55(62)63-49-36-38-56(5)48(45-49)32-33-50-52-35-34-51(47(4)29-27-28-46(2)3)57(52,6)39-37-53(50)56/h14-15,17-18,32,46-47,49-54,58,60-61H,7-13,16,19-31,33-45H2,1-6H3/b15-14+,18-17+. The SMILES string of the molecule is CCCCCCCC/C=C/C/C=C/CCCCC(O)NCCCCN(CCO)CCCCCC(=O)OC1CCC2(C)C(=CCC3C2CCC2(C)C(C(C)CCCC(C)C)CCC32)C1. The number of unbranched alkanes of at least 4 members (excludes halogenated alkanes) is 11. The van der Waals surface area contributed by atoms with E-state index in [4.69, 9.17) is 4.74 Å². The zero-order valence-electron chi connectivity index (χ0n) is 42.2. The lowest BCUT2D eigenvalue weighted by atomic mass is 9.47. The summed E-state index contributed by atoms with van der Waals surface area (Å²) in [5.74, 6) is 5.08. The van der Waals surface area contributed by atoms with Crippen LogP contribution >= 0.6 is 0 Å². The quantitative estimate of drug-likeness (QED) is 0.0259. The fourth-order valence-electron chi connectivity index (χ4n) is 13.2. The molecule has 3 fully saturated rings. The van der Waals surface area contributed by atoms with Crippen molar-refractivity contribution in [3.05, 3.63) is 36.0 Å². The highest BCUT2D eigenvalue weighted by Gasteiger charge is 2.59. The molecule has 9 unspecified atom stereocenters. The molecular formula is C57H102N2O4. The summed E-state index contributed by atoms with van der Waals surface area (Å²) in [5.41, 5.74) is 2.42. The molecule has 0 heterocycles. The summed E-state index contributed by atoms with van der Waals surface area (Å²) >= 11 is 0. The van der Waals surface area contributed by atoms with Gasteiger partial charge in [0.15, 0.2) is 0 Å². The van der Waals surface area contributed by atoms with Gasteiger partial charge in [-0.1, -0.05) is 135 Å². The minimum absolute atomic E-state index is 0.0122. The summed E-state index contributed by atoms with van der Waals surface area (Å²) in [4.78, 5) is 15.4. The van der Waals surface area contributed by atoms with Crippen molar-refractivity contribution in [3.63, 3.8) is 0 Å². The third-order valence-corrected chi connectivity index (χ3v) is 17.0. The van der Waals surface area contributed by atoms with Crippen molar-refractivity contribution >= 4 is 5.97 Å². The van der Waals surface area contributed by atoms with Crippen LogP contribution in [0.15, 0.2) is 36.0 Å². The van der Waals surface area contributed by atoms with Crippen LogP contribution in [0.5, 0.6) is 0 Å². The minimum atomic E-state index is -0.429. The molecule has 0 aromatic carbocycles. The minimum Gasteiger partial charge on any atom is -0.462 e. The van der Waals surface area contributed by atoms with Gasteiger partial charge in [-0.25, -0.2) is 0 Å². The Bertz CT molecular complexity index is 1330. The largest absolute Gasteiger partial charge is 0.462 e. The highest BCUT2D eigenvalue weighted by atomic mass is 16.5. The van der Waals surface area contributed by atoms with Gasteiger partial charge < -0.3 is 19.8 Å². The molecule has 0 bridgehead atoms. The number of hydrogen-bond acceptors (Lipinski definition) is 6. The Morgan fingerprint density at radius 1 is 0.794 bits per heavy atom. The Labute approximate surface area is 389 Å². The molecule has 6 heteroatoms. The number of allylic oxidation sites excluding steroid dienone is 5.